The second-order valence-corrected chi connectivity index (χ2v) is 8.75. The molecule has 1 fully saturated rings. The Labute approximate surface area is 212 Å². The zero-order valence-electron chi connectivity index (χ0n) is 20.2. The van der Waals surface area contributed by atoms with Crippen molar-refractivity contribution in [2.75, 3.05) is 7.11 Å². The normalized spacial score (nSPS) is 20.5. The topological polar surface area (TPSA) is 106 Å². The highest BCUT2D eigenvalue weighted by Gasteiger charge is 2.67. The number of oxime groups is 1. The first-order chi connectivity index (χ1) is 17.9. The Balaban J connectivity index is 1.57. The van der Waals surface area contributed by atoms with Gasteiger partial charge in [-0.2, -0.15) is 0 Å². The van der Waals surface area contributed by atoms with E-state index in [1.165, 1.54) is 26.2 Å². The minimum Gasteiger partial charge on any atom is -0.467 e. The molecule has 0 bridgehead atoms. The van der Waals surface area contributed by atoms with Crippen LogP contribution in [0.15, 0.2) is 90.1 Å². The van der Waals surface area contributed by atoms with E-state index in [-0.39, 0.29) is 23.6 Å². The van der Waals surface area contributed by atoms with Crippen molar-refractivity contribution in [3.05, 3.63) is 107 Å². The van der Waals surface area contributed by atoms with Crippen LogP contribution in [0.25, 0.3) is 0 Å². The molecule has 1 saturated heterocycles. The summed E-state index contributed by atoms with van der Waals surface area (Å²) in [5, 5.41) is 4.22. The molecule has 2 atom stereocenters. The van der Waals surface area contributed by atoms with Crippen molar-refractivity contribution in [2.45, 2.75) is 25.1 Å². The maximum absolute atomic E-state index is 13.8. The Morgan fingerprint density at radius 1 is 0.865 bits per heavy atom. The third kappa shape index (κ3) is 3.76. The smallest absolute Gasteiger partial charge is 0.333 e. The largest absolute Gasteiger partial charge is 0.467 e. The quantitative estimate of drug-likeness (QED) is 0.215. The molecule has 3 amide bonds. The summed E-state index contributed by atoms with van der Waals surface area (Å²) in [7, 11) is 1.22. The molecule has 0 radical (unpaired) electrons. The van der Waals surface area contributed by atoms with E-state index < -0.39 is 35.3 Å². The number of hydrogen-bond acceptors (Lipinski definition) is 7. The number of carbonyl (C=O) groups is 4. The van der Waals surface area contributed by atoms with Crippen LogP contribution in [0.4, 0.5) is 0 Å². The lowest BCUT2D eigenvalue weighted by Gasteiger charge is -2.51. The molecule has 5 rings (SSSR count). The van der Waals surface area contributed by atoms with Gasteiger partial charge in [-0.3, -0.25) is 24.2 Å². The monoisotopic (exact) mass is 497 g/mol. The number of hydrogen-bond donors (Lipinski definition) is 0. The Kier molecular flexibility index (Phi) is 6.04. The van der Waals surface area contributed by atoms with Gasteiger partial charge < -0.3 is 9.57 Å². The van der Waals surface area contributed by atoms with Gasteiger partial charge in [-0.05, 0) is 30.2 Å². The van der Waals surface area contributed by atoms with Gasteiger partial charge in [0.25, 0.3) is 17.7 Å². The summed E-state index contributed by atoms with van der Waals surface area (Å²) >= 11 is 0. The van der Waals surface area contributed by atoms with Crippen LogP contribution in [-0.4, -0.2) is 52.0 Å². The number of likely N-dealkylation sites (tertiary alicyclic amines) is 1. The van der Waals surface area contributed by atoms with Crippen LogP contribution in [0, 0.1) is 0 Å². The molecule has 0 saturated carbocycles. The van der Waals surface area contributed by atoms with Gasteiger partial charge in [0.15, 0.2) is 17.4 Å². The predicted octanol–water partition coefficient (Wildman–Crippen LogP) is 3.33. The molecule has 2 aliphatic rings. The molecule has 9 nitrogen and oxygen atoms in total. The Morgan fingerprint density at radius 3 is 1.97 bits per heavy atom. The summed E-state index contributed by atoms with van der Waals surface area (Å²) < 4.78 is 5.00. The third-order valence-electron chi connectivity index (χ3n) is 6.56. The fourth-order valence-corrected chi connectivity index (χ4v) is 4.65. The first-order valence-electron chi connectivity index (χ1n) is 11.6. The Hall–Kier alpha value is -4.79. The average Bonchev–Trinajstić information content (AvgIpc) is 3.20. The molecule has 186 valence electrons. The van der Waals surface area contributed by atoms with Crippen molar-refractivity contribution < 1.29 is 28.8 Å². The van der Waals surface area contributed by atoms with Crippen molar-refractivity contribution in [1.29, 1.82) is 0 Å². The summed E-state index contributed by atoms with van der Waals surface area (Å²) in [6.45, 7) is 1.50. The first-order valence-corrected chi connectivity index (χ1v) is 11.6. The Bertz CT molecular complexity index is 1390. The fourth-order valence-electron chi connectivity index (χ4n) is 4.65. The summed E-state index contributed by atoms with van der Waals surface area (Å²) in [5.74, 6) is -2.67. The minimum absolute atomic E-state index is 0.0535. The number of amides is 3. The number of ether oxygens (including phenoxy) is 1. The molecule has 0 aromatic heterocycles. The molecule has 37 heavy (non-hydrogen) atoms. The summed E-state index contributed by atoms with van der Waals surface area (Å²) in [5.41, 5.74) is -0.124. The number of imide groups is 1. The van der Waals surface area contributed by atoms with E-state index in [2.05, 4.69) is 5.16 Å². The van der Waals surface area contributed by atoms with Crippen molar-refractivity contribution in [3.8, 4) is 0 Å². The van der Waals surface area contributed by atoms with Crippen LogP contribution in [0.5, 0.6) is 0 Å². The molecule has 2 unspecified atom stereocenters. The predicted molar refractivity (Wildman–Crippen MR) is 132 cm³/mol. The number of esters is 1. The van der Waals surface area contributed by atoms with Crippen LogP contribution in [0.1, 0.15) is 44.8 Å². The number of benzene rings is 3. The summed E-state index contributed by atoms with van der Waals surface area (Å²) in [6.07, 6.45) is 0. The average molecular weight is 498 g/mol. The van der Waals surface area contributed by atoms with Gasteiger partial charge in [0.05, 0.1) is 18.2 Å². The highest BCUT2D eigenvalue weighted by molar-refractivity contribution is 6.35. The molecule has 3 aromatic rings. The molecular weight excluding hydrogens is 474 g/mol. The molecule has 0 N–H and O–H groups in total. The van der Waals surface area contributed by atoms with Gasteiger partial charge in [-0.1, -0.05) is 78.0 Å². The highest BCUT2D eigenvalue weighted by atomic mass is 16.6. The van der Waals surface area contributed by atoms with E-state index in [0.29, 0.717) is 5.56 Å². The van der Waals surface area contributed by atoms with Gasteiger partial charge in [-0.25, -0.2) is 4.79 Å². The summed E-state index contributed by atoms with van der Waals surface area (Å²) in [6, 6.07) is 23.0. The molecule has 2 aliphatic heterocycles. The van der Waals surface area contributed by atoms with Gasteiger partial charge in [-0.15, -0.1) is 0 Å². The van der Waals surface area contributed by atoms with Gasteiger partial charge >= 0.3 is 5.97 Å². The SMILES string of the molecule is COC(=O)C(c1ccccc1)N1C(=O)C(C)(N2C(=O)c3ccccc3C2=O)C1=NOCc1ccccc1. The van der Waals surface area contributed by atoms with Crippen molar-refractivity contribution in [3.63, 3.8) is 0 Å². The number of amidine groups is 1. The molecule has 2 heterocycles. The van der Waals surface area contributed by atoms with Crippen molar-refractivity contribution >= 4 is 29.5 Å². The van der Waals surface area contributed by atoms with E-state index in [1.54, 1.807) is 42.5 Å². The molecule has 3 aromatic carbocycles. The lowest BCUT2D eigenvalue weighted by Crippen LogP contribution is -2.78. The summed E-state index contributed by atoms with van der Waals surface area (Å²) in [4.78, 5) is 61.0. The van der Waals surface area contributed by atoms with Crippen molar-refractivity contribution in [2.24, 2.45) is 5.16 Å². The van der Waals surface area contributed by atoms with Gasteiger partial charge in [0.1, 0.15) is 6.61 Å². The number of rotatable bonds is 7. The van der Waals surface area contributed by atoms with E-state index in [0.717, 1.165) is 15.4 Å². The van der Waals surface area contributed by atoms with E-state index in [4.69, 9.17) is 9.57 Å². The molecule has 0 aliphatic carbocycles. The first kappa shape index (κ1) is 23.9. The zero-order valence-corrected chi connectivity index (χ0v) is 20.2. The number of methoxy groups -OCH3 is 1. The standard InChI is InChI=1S/C28H23N3O6/c1-28(31-23(32)20-15-9-10-16-21(20)24(31)33)26(29-37-17-18-11-5-3-6-12-18)30(27(28)35)22(25(34)36-2)19-13-7-4-8-14-19/h3-16,22H,17H2,1-2H3. The Morgan fingerprint density at radius 2 is 1.41 bits per heavy atom. The maximum atomic E-state index is 13.8. The highest BCUT2D eigenvalue weighted by Crippen LogP contribution is 2.42. The van der Waals surface area contributed by atoms with E-state index in [9.17, 15) is 19.2 Å². The number of fused-ring (bicyclic) bond motifs is 1. The minimum atomic E-state index is -1.80. The van der Waals surface area contributed by atoms with Gasteiger partial charge in [0, 0.05) is 0 Å². The van der Waals surface area contributed by atoms with Crippen molar-refractivity contribution in [1.82, 2.24) is 9.80 Å². The lowest BCUT2D eigenvalue weighted by molar-refractivity contribution is -0.156. The fraction of sp³-hybridized carbons (Fsp3) is 0.179. The maximum Gasteiger partial charge on any atom is 0.333 e. The van der Waals surface area contributed by atoms with E-state index >= 15 is 0 Å². The van der Waals surface area contributed by atoms with Crippen LogP contribution < -0.4 is 0 Å². The van der Waals surface area contributed by atoms with E-state index in [1.807, 2.05) is 30.3 Å². The van der Waals surface area contributed by atoms with Gasteiger partial charge in [0.2, 0.25) is 0 Å². The molecule has 0 spiro atoms. The third-order valence-corrected chi connectivity index (χ3v) is 6.56. The van der Waals surface area contributed by atoms with Crippen LogP contribution in [0.2, 0.25) is 0 Å². The lowest BCUT2D eigenvalue weighted by atomic mass is 9.83. The van der Waals surface area contributed by atoms with Crippen LogP contribution in [0.3, 0.4) is 0 Å². The molecular formula is C28H23N3O6. The number of β-lactam (4-membered cyclic amide) rings is 1. The second-order valence-electron chi connectivity index (χ2n) is 8.75. The number of carbonyl (C=O) groups excluding carboxylic acids is 4. The zero-order chi connectivity index (χ0) is 26.2. The molecule has 9 heteroatoms. The second kappa shape index (κ2) is 9.34. The van der Waals surface area contributed by atoms with Crippen LogP contribution >= 0.6 is 0 Å². The number of nitrogens with zero attached hydrogens (tertiary/aromatic N) is 3. The van der Waals surface area contributed by atoms with Crippen LogP contribution in [-0.2, 0) is 25.8 Å².